The first-order valence-electron chi connectivity index (χ1n) is 6.26. The van der Waals surface area contributed by atoms with Gasteiger partial charge in [0.1, 0.15) is 5.02 Å². The Morgan fingerprint density at radius 1 is 1.24 bits per heavy atom. The lowest BCUT2D eigenvalue weighted by Crippen LogP contribution is -2.16. The van der Waals surface area contributed by atoms with E-state index in [4.69, 9.17) is 11.6 Å². The third-order valence-electron chi connectivity index (χ3n) is 3.16. The molecule has 108 valence electrons. The number of nitrogens with zero attached hydrogens (tertiary/aromatic N) is 3. The van der Waals surface area contributed by atoms with E-state index in [9.17, 15) is 4.79 Å². The normalized spacial score (nSPS) is 11.8. The number of aryl methyl sites for hydroxylation is 3. The van der Waals surface area contributed by atoms with Crippen LogP contribution in [0.2, 0.25) is 5.02 Å². The maximum Gasteiger partial charge on any atom is 0.278 e. The van der Waals surface area contributed by atoms with Crippen LogP contribution in [-0.4, -0.2) is 14.4 Å². The zero-order chi connectivity index (χ0) is 15.1. The molecular weight excluding hydrogens is 326 g/mol. The number of halogens is 1. The van der Waals surface area contributed by atoms with Crippen molar-refractivity contribution < 1.29 is 0 Å². The number of fused-ring (bicyclic) bond motifs is 1. The Hall–Kier alpha value is -1.50. The fourth-order valence-electron chi connectivity index (χ4n) is 1.96. The van der Waals surface area contributed by atoms with Crippen LogP contribution in [0.1, 0.15) is 26.1 Å². The molecule has 3 rings (SSSR count). The molecule has 0 N–H and O–H groups in total. The standard InChI is InChI=1S/C14H12ClN3OS2/c1-7-8(2)20-14-17-11(12(15)13(19)18(7)14)5-4-10-6-16-9(3)21-10/h4-6H,1-3H3. The predicted molar refractivity (Wildman–Crippen MR) is 89.6 cm³/mol. The molecule has 0 saturated carbocycles. The van der Waals surface area contributed by atoms with Gasteiger partial charge in [0, 0.05) is 21.6 Å². The van der Waals surface area contributed by atoms with Crippen molar-refractivity contribution in [2.45, 2.75) is 20.8 Å². The van der Waals surface area contributed by atoms with Crippen molar-refractivity contribution in [1.82, 2.24) is 14.4 Å². The van der Waals surface area contributed by atoms with E-state index in [2.05, 4.69) is 9.97 Å². The maximum atomic E-state index is 12.4. The van der Waals surface area contributed by atoms with Crippen molar-refractivity contribution in [3.63, 3.8) is 0 Å². The summed E-state index contributed by atoms with van der Waals surface area (Å²) in [5.74, 6) is 0. The molecule has 0 amide bonds. The number of thiazole rings is 2. The van der Waals surface area contributed by atoms with Gasteiger partial charge in [-0.1, -0.05) is 11.6 Å². The highest BCUT2D eigenvalue weighted by atomic mass is 35.5. The second kappa shape index (κ2) is 5.36. The minimum absolute atomic E-state index is 0.144. The van der Waals surface area contributed by atoms with Crippen molar-refractivity contribution in [3.05, 3.63) is 47.7 Å². The summed E-state index contributed by atoms with van der Waals surface area (Å²) in [4.78, 5) is 23.8. The molecule has 0 aliphatic rings. The molecule has 7 heteroatoms. The molecule has 0 saturated heterocycles. The molecule has 0 aromatic carbocycles. The second-order valence-electron chi connectivity index (χ2n) is 4.59. The van der Waals surface area contributed by atoms with Crippen LogP contribution in [0.15, 0.2) is 11.0 Å². The Kier molecular flexibility index (Phi) is 3.69. The summed E-state index contributed by atoms with van der Waals surface area (Å²) in [5, 5.41) is 1.14. The van der Waals surface area contributed by atoms with Gasteiger partial charge in [-0.3, -0.25) is 9.20 Å². The van der Waals surface area contributed by atoms with Gasteiger partial charge in [0.2, 0.25) is 0 Å². The predicted octanol–water partition coefficient (Wildman–Crippen LogP) is 3.96. The second-order valence-corrected chi connectivity index (χ2v) is 7.42. The van der Waals surface area contributed by atoms with E-state index in [1.54, 1.807) is 28.0 Å². The average molecular weight is 338 g/mol. The molecule has 3 aromatic heterocycles. The third kappa shape index (κ3) is 2.54. The molecule has 0 aliphatic carbocycles. The molecule has 0 spiro atoms. The summed E-state index contributed by atoms with van der Waals surface area (Å²) >= 11 is 9.24. The first kappa shape index (κ1) is 14.4. The maximum absolute atomic E-state index is 12.4. The Labute approximate surface area is 134 Å². The molecule has 4 nitrogen and oxygen atoms in total. The van der Waals surface area contributed by atoms with Gasteiger partial charge >= 0.3 is 0 Å². The SMILES string of the molecule is Cc1ncc(C=Cc2nc3sc(C)c(C)n3c(=O)c2Cl)s1. The smallest absolute Gasteiger partial charge is 0.267 e. The summed E-state index contributed by atoms with van der Waals surface area (Å²) in [6.07, 6.45) is 5.43. The highest BCUT2D eigenvalue weighted by Gasteiger charge is 2.13. The fourth-order valence-corrected chi connectivity index (χ4v) is 3.80. The van der Waals surface area contributed by atoms with Crippen LogP contribution in [-0.2, 0) is 0 Å². The molecule has 0 unspecified atom stereocenters. The van der Waals surface area contributed by atoms with Crippen LogP contribution in [0.5, 0.6) is 0 Å². The van der Waals surface area contributed by atoms with Crippen molar-refractivity contribution in [3.8, 4) is 0 Å². The summed E-state index contributed by atoms with van der Waals surface area (Å²) in [7, 11) is 0. The quantitative estimate of drug-likeness (QED) is 0.711. The lowest BCUT2D eigenvalue weighted by molar-refractivity contribution is 1.01. The van der Waals surface area contributed by atoms with Gasteiger partial charge in [-0.05, 0) is 32.9 Å². The number of hydrogen-bond donors (Lipinski definition) is 0. The summed E-state index contributed by atoms with van der Waals surface area (Å²) < 4.78 is 1.57. The van der Waals surface area contributed by atoms with Crippen LogP contribution in [0.25, 0.3) is 17.1 Å². The molecule has 0 atom stereocenters. The van der Waals surface area contributed by atoms with Gasteiger partial charge in [0.25, 0.3) is 5.56 Å². The summed E-state index contributed by atoms with van der Waals surface area (Å²) in [6, 6.07) is 0. The van der Waals surface area contributed by atoms with E-state index < -0.39 is 0 Å². The first-order valence-corrected chi connectivity index (χ1v) is 8.27. The molecule has 3 aromatic rings. The van der Waals surface area contributed by atoms with Crippen molar-refractivity contribution >= 4 is 51.4 Å². The van der Waals surface area contributed by atoms with E-state index in [0.717, 1.165) is 20.5 Å². The monoisotopic (exact) mass is 337 g/mol. The van der Waals surface area contributed by atoms with Crippen molar-refractivity contribution in [2.75, 3.05) is 0 Å². The Morgan fingerprint density at radius 2 is 2.00 bits per heavy atom. The number of aromatic nitrogens is 3. The van der Waals surface area contributed by atoms with Gasteiger partial charge in [0.15, 0.2) is 4.96 Å². The number of rotatable bonds is 2. The zero-order valence-electron chi connectivity index (χ0n) is 11.7. The van der Waals surface area contributed by atoms with Crippen molar-refractivity contribution in [1.29, 1.82) is 0 Å². The highest BCUT2D eigenvalue weighted by Crippen LogP contribution is 2.23. The molecular formula is C14H12ClN3OS2. The topological polar surface area (TPSA) is 47.3 Å². The van der Waals surface area contributed by atoms with Crippen LogP contribution >= 0.6 is 34.3 Å². The van der Waals surface area contributed by atoms with E-state index >= 15 is 0 Å². The van der Waals surface area contributed by atoms with Crippen LogP contribution in [0.3, 0.4) is 0 Å². The molecule has 21 heavy (non-hydrogen) atoms. The fraction of sp³-hybridized carbons (Fsp3) is 0.214. The Bertz CT molecular complexity index is 920. The highest BCUT2D eigenvalue weighted by molar-refractivity contribution is 7.17. The largest absolute Gasteiger partial charge is 0.278 e. The summed E-state index contributed by atoms with van der Waals surface area (Å²) in [6.45, 7) is 5.81. The molecule has 0 aliphatic heterocycles. The first-order chi connectivity index (χ1) is 9.97. The molecule has 3 heterocycles. The lowest BCUT2D eigenvalue weighted by Gasteiger charge is -2.00. The minimum atomic E-state index is -0.219. The van der Waals surface area contributed by atoms with Crippen molar-refractivity contribution in [2.24, 2.45) is 0 Å². The Morgan fingerprint density at radius 3 is 2.67 bits per heavy atom. The van der Waals surface area contributed by atoms with Gasteiger partial charge < -0.3 is 0 Å². The van der Waals surface area contributed by atoms with Crippen LogP contribution < -0.4 is 5.56 Å². The van der Waals surface area contributed by atoms with Gasteiger partial charge in [-0.25, -0.2) is 9.97 Å². The zero-order valence-corrected chi connectivity index (χ0v) is 14.1. The van der Waals surface area contributed by atoms with E-state index in [0.29, 0.717) is 10.7 Å². The van der Waals surface area contributed by atoms with E-state index in [-0.39, 0.29) is 10.6 Å². The van der Waals surface area contributed by atoms with Crippen LogP contribution in [0, 0.1) is 20.8 Å². The Balaban J connectivity index is 2.13. The minimum Gasteiger partial charge on any atom is -0.267 e. The summed E-state index contributed by atoms with van der Waals surface area (Å²) in [5.41, 5.74) is 1.17. The lowest BCUT2D eigenvalue weighted by atomic mass is 10.3. The average Bonchev–Trinajstić information content (AvgIpc) is 2.97. The van der Waals surface area contributed by atoms with E-state index in [1.165, 1.54) is 11.3 Å². The molecule has 0 radical (unpaired) electrons. The van der Waals surface area contributed by atoms with Gasteiger partial charge in [-0.15, -0.1) is 22.7 Å². The number of hydrogen-bond acceptors (Lipinski definition) is 5. The van der Waals surface area contributed by atoms with Gasteiger partial charge in [0.05, 0.1) is 10.7 Å². The van der Waals surface area contributed by atoms with E-state index in [1.807, 2.05) is 26.8 Å². The van der Waals surface area contributed by atoms with Crippen LogP contribution in [0.4, 0.5) is 0 Å². The third-order valence-corrected chi connectivity index (χ3v) is 5.45. The van der Waals surface area contributed by atoms with Gasteiger partial charge in [-0.2, -0.15) is 0 Å². The molecule has 0 bridgehead atoms. The molecule has 0 fully saturated rings.